The van der Waals surface area contributed by atoms with Crippen molar-refractivity contribution >= 4 is 45.8 Å². The molecule has 0 aromatic heterocycles. The summed E-state index contributed by atoms with van der Waals surface area (Å²) in [7, 11) is 0. The minimum Gasteiger partial charge on any atom is -0.332 e. The van der Waals surface area contributed by atoms with Gasteiger partial charge >= 0.3 is 0 Å². The van der Waals surface area contributed by atoms with E-state index in [1.807, 2.05) is 73.7 Å². The first kappa shape index (κ1) is 16.9. The first-order chi connectivity index (χ1) is 12.1. The van der Waals surface area contributed by atoms with Gasteiger partial charge in [-0.05, 0) is 42.2 Å². The molecule has 25 heavy (non-hydrogen) atoms. The van der Waals surface area contributed by atoms with Crippen molar-refractivity contribution in [3.05, 3.63) is 83.9 Å². The number of rotatable bonds is 3. The van der Waals surface area contributed by atoms with Crippen LogP contribution in [0.3, 0.4) is 0 Å². The Morgan fingerprint density at radius 1 is 0.960 bits per heavy atom. The molecule has 0 unspecified atom stereocenters. The van der Waals surface area contributed by atoms with Gasteiger partial charge in [0.15, 0.2) is 5.11 Å². The molecule has 0 saturated carbocycles. The third kappa shape index (κ3) is 4.52. The van der Waals surface area contributed by atoms with Crippen LogP contribution >= 0.6 is 12.2 Å². The lowest BCUT2D eigenvalue weighted by Crippen LogP contribution is -2.32. The summed E-state index contributed by atoms with van der Waals surface area (Å²) in [5, 5.41) is 8.19. The van der Waals surface area contributed by atoms with Crippen LogP contribution in [0.2, 0.25) is 0 Å². The molecular formula is C21H18N2OS. The van der Waals surface area contributed by atoms with Gasteiger partial charge in [0.25, 0.3) is 0 Å². The lowest BCUT2D eigenvalue weighted by Gasteiger charge is -2.10. The molecule has 0 spiro atoms. The minimum atomic E-state index is -0.265. The number of hydrogen-bond acceptors (Lipinski definition) is 2. The van der Waals surface area contributed by atoms with E-state index in [4.69, 9.17) is 12.2 Å². The molecule has 124 valence electrons. The van der Waals surface area contributed by atoms with Crippen LogP contribution in [0, 0.1) is 6.92 Å². The Balaban J connectivity index is 1.63. The van der Waals surface area contributed by atoms with Crippen LogP contribution in [0.4, 0.5) is 5.69 Å². The molecule has 0 atom stereocenters. The molecule has 0 aliphatic heterocycles. The topological polar surface area (TPSA) is 41.1 Å². The largest absolute Gasteiger partial charge is 0.332 e. The van der Waals surface area contributed by atoms with Gasteiger partial charge in [0, 0.05) is 17.1 Å². The fourth-order valence-electron chi connectivity index (χ4n) is 2.49. The number of fused-ring (bicyclic) bond motifs is 1. The van der Waals surface area contributed by atoms with Crippen molar-refractivity contribution in [2.75, 3.05) is 5.32 Å². The number of carbonyl (C=O) groups excluding carboxylic acids is 1. The van der Waals surface area contributed by atoms with Crippen molar-refractivity contribution in [3.8, 4) is 0 Å². The summed E-state index contributed by atoms with van der Waals surface area (Å²) in [6.07, 6.45) is 3.23. The van der Waals surface area contributed by atoms with E-state index in [1.54, 1.807) is 6.08 Å². The van der Waals surface area contributed by atoms with Crippen LogP contribution in [0.25, 0.3) is 16.8 Å². The van der Waals surface area contributed by atoms with Crippen LogP contribution in [-0.2, 0) is 4.79 Å². The summed E-state index contributed by atoms with van der Waals surface area (Å²) in [6, 6.07) is 21.9. The number of carbonyl (C=O) groups is 1. The van der Waals surface area contributed by atoms with Gasteiger partial charge in [0.2, 0.25) is 5.91 Å². The third-order valence-electron chi connectivity index (χ3n) is 3.78. The molecular weight excluding hydrogens is 328 g/mol. The van der Waals surface area contributed by atoms with Gasteiger partial charge in [0.05, 0.1) is 0 Å². The molecule has 0 heterocycles. The van der Waals surface area contributed by atoms with Gasteiger partial charge in [-0.25, -0.2) is 0 Å². The van der Waals surface area contributed by atoms with Crippen molar-refractivity contribution in [2.45, 2.75) is 6.92 Å². The summed E-state index contributed by atoms with van der Waals surface area (Å²) >= 11 is 5.25. The van der Waals surface area contributed by atoms with E-state index in [-0.39, 0.29) is 11.0 Å². The van der Waals surface area contributed by atoms with E-state index in [1.165, 1.54) is 11.6 Å². The Morgan fingerprint density at radius 2 is 1.68 bits per heavy atom. The Labute approximate surface area is 152 Å². The summed E-state index contributed by atoms with van der Waals surface area (Å²) in [5.74, 6) is -0.265. The maximum atomic E-state index is 12.0. The first-order valence-electron chi connectivity index (χ1n) is 7.96. The third-order valence-corrected chi connectivity index (χ3v) is 3.98. The van der Waals surface area contributed by atoms with Crippen molar-refractivity contribution in [2.24, 2.45) is 0 Å². The van der Waals surface area contributed by atoms with E-state index < -0.39 is 0 Å². The van der Waals surface area contributed by atoms with Crippen LogP contribution in [-0.4, -0.2) is 11.0 Å². The van der Waals surface area contributed by atoms with Gasteiger partial charge in [-0.1, -0.05) is 66.2 Å². The standard InChI is InChI=1S/C21H18N2OS/c1-15-9-11-16(12-10-15)13-14-20(24)23-21(25)22-19-8-4-6-17-5-2-3-7-18(17)19/h2-14H,1H3,(H2,22,23,24,25). The highest BCUT2D eigenvalue weighted by molar-refractivity contribution is 7.80. The fraction of sp³-hybridized carbons (Fsp3) is 0.0476. The van der Waals surface area contributed by atoms with Crippen LogP contribution < -0.4 is 10.6 Å². The number of nitrogens with one attached hydrogen (secondary N) is 2. The van der Waals surface area contributed by atoms with E-state index in [2.05, 4.69) is 10.6 Å². The second-order valence-corrected chi connectivity index (χ2v) is 6.12. The second kappa shape index (κ2) is 7.73. The molecule has 1 amide bonds. The lowest BCUT2D eigenvalue weighted by molar-refractivity contribution is -0.115. The van der Waals surface area contributed by atoms with E-state index >= 15 is 0 Å². The zero-order chi connectivity index (χ0) is 17.6. The Kier molecular flexibility index (Phi) is 5.21. The molecule has 4 heteroatoms. The predicted octanol–water partition coefficient (Wildman–Crippen LogP) is 4.67. The van der Waals surface area contributed by atoms with E-state index in [0.717, 1.165) is 22.0 Å². The number of hydrogen-bond donors (Lipinski definition) is 2. The normalized spacial score (nSPS) is 10.8. The lowest BCUT2D eigenvalue weighted by atomic mass is 10.1. The smallest absolute Gasteiger partial charge is 0.250 e. The van der Waals surface area contributed by atoms with E-state index in [9.17, 15) is 4.79 Å². The monoisotopic (exact) mass is 346 g/mol. The van der Waals surface area contributed by atoms with Crippen LogP contribution in [0.15, 0.2) is 72.8 Å². The van der Waals surface area contributed by atoms with Gasteiger partial charge in [-0.2, -0.15) is 0 Å². The number of aryl methyl sites for hydroxylation is 1. The van der Waals surface area contributed by atoms with Crippen LogP contribution in [0.5, 0.6) is 0 Å². The predicted molar refractivity (Wildman–Crippen MR) is 109 cm³/mol. The minimum absolute atomic E-state index is 0.265. The maximum absolute atomic E-state index is 12.0. The van der Waals surface area contributed by atoms with Crippen molar-refractivity contribution < 1.29 is 4.79 Å². The second-order valence-electron chi connectivity index (χ2n) is 5.71. The van der Waals surface area contributed by atoms with Crippen molar-refractivity contribution in [1.29, 1.82) is 0 Å². The molecule has 0 bridgehead atoms. The Morgan fingerprint density at radius 3 is 2.48 bits per heavy atom. The molecule has 0 aliphatic rings. The molecule has 3 aromatic rings. The quantitative estimate of drug-likeness (QED) is 0.535. The number of anilines is 1. The van der Waals surface area contributed by atoms with Crippen molar-refractivity contribution in [1.82, 2.24) is 5.32 Å². The van der Waals surface area contributed by atoms with Gasteiger partial charge in [-0.3, -0.25) is 10.1 Å². The highest BCUT2D eigenvalue weighted by Gasteiger charge is 2.04. The molecule has 3 rings (SSSR count). The van der Waals surface area contributed by atoms with Gasteiger partial charge in [0.1, 0.15) is 0 Å². The highest BCUT2D eigenvalue weighted by Crippen LogP contribution is 2.22. The molecule has 0 fully saturated rings. The van der Waals surface area contributed by atoms with E-state index in [0.29, 0.717) is 0 Å². The Hall–Kier alpha value is -2.98. The van der Waals surface area contributed by atoms with Crippen molar-refractivity contribution in [3.63, 3.8) is 0 Å². The zero-order valence-corrected chi connectivity index (χ0v) is 14.6. The zero-order valence-electron chi connectivity index (χ0n) is 13.8. The van der Waals surface area contributed by atoms with Gasteiger partial charge < -0.3 is 5.32 Å². The summed E-state index contributed by atoms with van der Waals surface area (Å²) in [5.41, 5.74) is 3.02. The molecule has 0 saturated heterocycles. The SMILES string of the molecule is Cc1ccc(C=CC(=O)NC(=S)Nc2cccc3ccccc23)cc1. The molecule has 0 radical (unpaired) electrons. The average molecular weight is 346 g/mol. The maximum Gasteiger partial charge on any atom is 0.250 e. The Bertz CT molecular complexity index is 940. The number of amides is 1. The molecule has 3 nitrogen and oxygen atoms in total. The summed E-state index contributed by atoms with van der Waals surface area (Å²) in [6.45, 7) is 2.03. The fourth-order valence-corrected chi connectivity index (χ4v) is 2.70. The first-order valence-corrected chi connectivity index (χ1v) is 8.37. The molecule has 0 aliphatic carbocycles. The highest BCUT2D eigenvalue weighted by atomic mass is 32.1. The van der Waals surface area contributed by atoms with Crippen LogP contribution in [0.1, 0.15) is 11.1 Å². The summed E-state index contributed by atoms with van der Waals surface area (Å²) in [4.78, 5) is 12.0. The summed E-state index contributed by atoms with van der Waals surface area (Å²) < 4.78 is 0. The average Bonchev–Trinajstić information content (AvgIpc) is 2.61. The molecule has 3 aromatic carbocycles. The number of benzene rings is 3. The number of thiocarbonyl (C=S) groups is 1. The molecule has 2 N–H and O–H groups in total. The van der Waals surface area contributed by atoms with Gasteiger partial charge in [-0.15, -0.1) is 0 Å².